The van der Waals surface area contributed by atoms with Gasteiger partial charge in [0.25, 0.3) is 5.91 Å². The summed E-state index contributed by atoms with van der Waals surface area (Å²) in [4.78, 5) is 12.2. The van der Waals surface area contributed by atoms with Crippen molar-refractivity contribution in [3.63, 3.8) is 0 Å². The van der Waals surface area contributed by atoms with Gasteiger partial charge in [0.15, 0.2) is 6.61 Å². The van der Waals surface area contributed by atoms with Crippen LogP contribution in [0.5, 0.6) is 17.2 Å². The van der Waals surface area contributed by atoms with Crippen molar-refractivity contribution in [2.24, 2.45) is 0 Å². The molecule has 0 fully saturated rings. The lowest BCUT2D eigenvalue weighted by atomic mass is 10.1. The minimum absolute atomic E-state index is 0.0660. The lowest BCUT2D eigenvalue weighted by Gasteiger charge is -2.14. The summed E-state index contributed by atoms with van der Waals surface area (Å²) in [6, 6.07) is 9.27. The molecule has 0 radical (unpaired) electrons. The third-order valence-electron chi connectivity index (χ3n) is 4.35. The highest BCUT2D eigenvalue weighted by atomic mass is 35.5. The first kappa shape index (κ1) is 19.4. The summed E-state index contributed by atoms with van der Waals surface area (Å²) in [5.41, 5.74) is 2.94. The maximum Gasteiger partial charge on any atom is 0.258 e. The molecule has 2 aromatic carbocycles. The standard InChI is InChI=1S/C21H24ClNO4/c1-4-25-19-9-15-8-14(3)27-20(15)10-16(19)11-23-21(24)12-26-17-5-6-18(22)13(2)7-17/h5-7,9-10,14H,4,8,11-12H2,1-3H3,(H,23,24)/t14-/m0/s1. The van der Waals surface area contributed by atoms with Crippen molar-refractivity contribution in [3.05, 3.63) is 52.0 Å². The first-order valence-electron chi connectivity index (χ1n) is 9.07. The number of hydrogen-bond acceptors (Lipinski definition) is 4. The van der Waals surface area contributed by atoms with Crippen molar-refractivity contribution in [3.8, 4) is 17.2 Å². The topological polar surface area (TPSA) is 56.8 Å². The lowest BCUT2D eigenvalue weighted by Crippen LogP contribution is -2.28. The highest BCUT2D eigenvalue weighted by Gasteiger charge is 2.22. The van der Waals surface area contributed by atoms with Gasteiger partial charge < -0.3 is 19.5 Å². The van der Waals surface area contributed by atoms with Crippen molar-refractivity contribution in [1.82, 2.24) is 5.32 Å². The fourth-order valence-electron chi connectivity index (χ4n) is 3.01. The van der Waals surface area contributed by atoms with Crippen molar-refractivity contribution in [2.75, 3.05) is 13.2 Å². The minimum atomic E-state index is -0.208. The Balaban J connectivity index is 1.59. The number of nitrogens with one attached hydrogen (secondary N) is 1. The van der Waals surface area contributed by atoms with Gasteiger partial charge in [-0.25, -0.2) is 0 Å². The van der Waals surface area contributed by atoms with Crippen LogP contribution in [0.2, 0.25) is 5.02 Å². The Morgan fingerprint density at radius 3 is 2.85 bits per heavy atom. The normalized spacial score (nSPS) is 15.0. The van der Waals surface area contributed by atoms with Gasteiger partial charge in [-0.05, 0) is 56.7 Å². The molecular formula is C21H24ClNO4. The van der Waals surface area contributed by atoms with Gasteiger partial charge in [-0.15, -0.1) is 0 Å². The molecule has 6 heteroatoms. The van der Waals surface area contributed by atoms with E-state index in [4.69, 9.17) is 25.8 Å². The van der Waals surface area contributed by atoms with Crippen LogP contribution in [0.15, 0.2) is 30.3 Å². The van der Waals surface area contributed by atoms with Crippen LogP contribution in [-0.4, -0.2) is 25.2 Å². The quantitative estimate of drug-likeness (QED) is 0.775. The summed E-state index contributed by atoms with van der Waals surface area (Å²) in [5.74, 6) is 2.05. The van der Waals surface area contributed by atoms with Crippen LogP contribution in [0, 0.1) is 6.92 Å². The molecule has 0 spiro atoms. The van der Waals surface area contributed by atoms with Crippen LogP contribution in [0.1, 0.15) is 30.5 Å². The maximum atomic E-state index is 12.2. The highest BCUT2D eigenvalue weighted by molar-refractivity contribution is 6.31. The van der Waals surface area contributed by atoms with Gasteiger partial charge >= 0.3 is 0 Å². The molecule has 3 rings (SSSR count). The second-order valence-electron chi connectivity index (χ2n) is 6.61. The second kappa shape index (κ2) is 8.53. The number of amides is 1. The van der Waals surface area contributed by atoms with Gasteiger partial charge in [0, 0.05) is 29.1 Å². The number of ether oxygens (including phenoxy) is 3. The monoisotopic (exact) mass is 389 g/mol. The van der Waals surface area contributed by atoms with E-state index in [2.05, 4.69) is 5.32 Å². The van der Waals surface area contributed by atoms with Crippen molar-refractivity contribution >= 4 is 17.5 Å². The summed E-state index contributed by atoms with van der Waals surface area (Å²) in [6.07, 6.45) is 1.03. The summed E-state index contributed by atoms with van der Waals surface area (Å²) < 4.78 is 17.1. The Kier molecular flexibility index (Phi) is 6.11. The molecule has 1 aliphatic heterocycles. The van der Waals surface area contributed by atoms with Crippen LogP contribution in [0.4, 0.5) is 0 Å². The number of hydrogen-bond donors (Lipinski definition) is 1. The van der Waals surface area contributed by atoms with E-state index >= 15 is 0 Å². The molecule has 144 valence electrons. The Labute approximate surface area is 164 Å². The molecule has 1 atom stereocenters. The van der Waals surface area contributed by atoms with E-state index in [9.17, 15) is 4.79 Å². The van der Waals surface area contributed by atoms with E-state index in [0.29, 0.717) is 23.9 Å². The fourth-order valence-corrected chi connectivity index (χ4v) is 3.13. The zero-order valence-corrected chi connectivity index (χ0v) is 16.6. The number of rotatable bonds is 7. The highest BCUT2D eigenvalue weighted by Crippen LogP contribution is 2.35. The average Bonchev–Trinajstić information content (AvgIpc) is 3.00. The molecular weight excluding hydrogens is 366 g/mol. The van der Waals surface area contributed by atoms with Gasteiger partial charge in [0.2, 0.25) is 0 Å². The molecule has 2 aromatic rings. The Hall–Kier alpha value is -2.40. The summed E-state index contributed by atoms with van der Waals surface area (Å²) in [6.45, 7) is 6.72. The predicted molar refractivity (Wildman–Crippen MR) is 105 cm³/mol. The third kappa shape index (κ3) is 4.86. The van der Waals surface area contributed by atoms with Crippen molar-refractivity contribution in [1.29, 1.82) is 0 Å². The van der Waals surface area contributed by atoms with Crippen molar-refractivity contribution < 1.29 is 19.0 Å². The number of carbonyl (C=O) groups excluding carboxylic acids is 1. The summed E-state index contributed by atoms with van der Waals surface area (Å²) in [5, 5.41) is 3.54. The number of halogens is 1. The Morgan fingerprint density at radius 1 is 1.30 bits per heavy atom. The first-order valence-corrected chi connectivity index (χ1v) is 9.45. The van der Waals surface area contributed by atoms with E-state index in [-0.39, 0.29) is 18.6 Å². The molecule has 1 amide bonds. The molecule has 0 aliphatic carbocycles. The van der Waals surface area contributed by atoms with Crippen LogP contribution in [-0.2, 0) is 17.8 Å². The van der Waals surface area contributed by atoms with E-state index in [1.165, 1.54) is 0 Å². The molecule has 1 N–H and O–H groups in total. The number of benzene rings is 2. The fraction of sp³-hybridized carbons (Fsp3) is 0.381. The SMILES string of the molecule is CCOc1cc2c(cc1CNC(=O)COc1ccc(Cl)c(C)c1)O[C@@H](C)C2. The zero-order chi connectivity index (χ0) is 19.4. The third-order valence-corrected chi connectivity index (χ3v) is 4.78. The second-order valence-corrected chi connectivity index (χ2v) is 7.02. The average molecular weight is 390 g/mol. The summed E-state index contributed by atoms with van der Waals surface area (Å²) >= 11 is 5.99. The zero-order valence-electron chi connectivity index (χ0n) is 15.8. The largest absolute Gasteiger partial charge is 0.494 e. The minimum Gasteiger partial charge on any atom is -0.494 e. The van der Waals surface area contributed by atoms with Crippen LogP contribution in [0.25, 0.3) is 0 Å². The van der Waals surface area contributed by atoms with Crippen LogP contribution < -0.4 is 19.5 Å². The number of fused-ring (bicyclic) bond motifs is 1. The maximum absolute atomic E-state index is 12.2. The number of carbonyl (C=O) groups is 1. The number of aryl methyl sites for hydroxylation is 1. The van der Waals surface area contributed by atoms with Crippen molar-refractivity contribution in [2.45, 2.75) is 39.8 Å². The van der Waals surface area contributed by atoms with Gasteiger partial charge in [0.05, 0.1) is 6.61 Å². The molecule has 1 aliphatic rings. The molecule has 27 heavy (non-hydrogen) atoms. The molecule has 0 saturated heterocycles. The molecule has 0 aromatic heterocycles. The molecule has 5 nitrogen and oxygen atoms in total. The van der Waals surface area contributed by atoms with Gasteiger partial charge in [0.1, 0.15) is 23.4 Å². The van der Waals surface area contributed by atoms with E-state index in [1.807, 2.05) is 39.0 Å². The Morgan fingerprint density at radius 2 is 2.11 bits per heavy atom. The lowest BCUT2D eigenvalue weighted by molar-refractivity contribution is -0.123. The molecule has 1 heterocycles. The Bertz CT molecular complexity index is 837. The van der Waals surface area contributed by atoms with Crippen LogP contribution in [0.3, 0.4) is 0 Å². The first-order chi connectivity index (χ1) is 13.0. The molecule has 0 unspecified atom stereocenters. The van der Waals surface area contributed by atoms with Crippen LogP contribution >= 0.6 is 11.6 Å². The molecule has 0 bridgehead atoms. The van der Waals surface area contributed by atoms with Gasteiger partial charge in [-0.2, -0.15) is 0 Å². The van der Waals surface area contributed by atoms with E-state index in [0.717, 1.165) is 34.6 Å². The van der Waals surface area contributed by atoms with Gasteiger partial charge in [-0.3, -0.25) is 4.79 Å². The summed E-state index contributed by atoms with van der Waals surface area (Å²) in [7, 11) is 0. The van der Waals surface area contributed by atoms with E-state index < -0.39 is 0 Å². The van der Waals surface area contributed by atoms with Gasteiger partial charge in [-0.1, -0.05) is 11.6 Å². The van der Waals surface area contributed by atoms with E-state index in [1.54, 1.807) is 12.1 Å². The smallest absolute Gasteiger partial charge is 0.258 e. The molecule has 0 saturated carbocycles. The predicted octanol–water partition coefficient (Wildman–Crippen LogP) is 4.07.